The Balaban J connectivity index is 1.60. The topological polar surface area (TPSA) is 120 Å². The van der Waals surface area contributed by atoms with Crippen molar-refractivity contribution >= 4 is 23.5 Å². The van der Waals surface area contributed by atoms with Crippen molar-refractivity contribution in [2.45, 2.75) is 32.9 Å². The Morgan fingerprint density at radius 2 is 1.79 bits per heavy atom. The van der Waals surface area contributed by atoms with Gasteiger partial charge in [0, 0.05) is 17.5 Å². The van der Waals surface area contributed by atoms with E-state index in [4.69, 9.17) is 15.5 Å². The number of anilines is 2. The smallest absolute Gasteiger partial charge is 0.331 e. The summed E-state index contributed by atoms with van der Waals surface area (Å²) in [6, 6.07) is 19.1. The summed E-state index contributed by atoms with van der Waals surface area (Å²) in [5.41, 5.74) is 9.50. The van der Waals surface area contributed by atoms with Crippen molar-refractivity contribution in [2.75, 3.05) is 11.1 Å². The van der Waals surface area contributed by atoms with Gasteiger partial charge in [-0.1, -0.05) is 30.3 Å². The number of nitrogens with one attached hydrogen (secondary N) is 1. The van der Waals surface area contributed by atoms with E-state index in [0.29, 0.717) is 22.5 Å². The van der Waals surface area contributed by atoms with Crippen LogP contribution in [0.15, 0.2) is 72.9 Å². The highest BCUT2D eigenvalue weighted by Crippen LogP contribution is 2.36. The standard InChI is InChI=1S/C28H26FN7O2/c1-17-15-20(13-14-31-17)22-23(19-9-11-21(29)12-10-19)32-27(36-24(22)33-26(30)35-36)34-28(2,3)25(37)38-16-18-7-5-4-6-8-18/h4-15H,16H2,1-3H3,(H2,30,35)(H,32,34). The number of pyridine rings is 1. The summed E-state index contributed by atoms with van der Waals surface area (Å²) in [5, 5.41) is 7.49. The van der Waals surface area contributed by atoms with E-state index in [1.54, 1.807) is 32.2 Å². The van der Waals surface area contributed by atoms with E-state index in [2.05, 4.69) is 20.4 Å². The summed E-state index contributed by atoms with van der Waals surface area (Å²) in [4.78, 5) is 26.7. The van der Waals surface area contributed by atoms with Crippen LogP contribution in [0, 0.1) is 12.7 Å². The van der Waals surface area contributed by atoms with Gasteiger partial charge in [0.05, 0.1) is 11.3 Å². The molecule has 10 heteroatoms. The van der Waals surface area contributed by atoms with Crippen molar-refractivity contribution in [1.82, 2.24) is 24.6 Å². The molecule has 9 nitrogen and oxygen atoms in total. The molecule has 0 aliphatic rings. The van der Waals surface area contributed by atoms with Crippen molar-refractivity contribution in [3.63, 3.8) is 0 Å². The largest absolute Gasteiger partial charge is 0.459 e. The second-order valence-electron chi connectivity index (χ2n) is 9.37. The highest BCUT2D eigenvalue weighted by atomic mass is 19.1. The molecule has 0 unspecified atom stereocenters. The number of hydrogen-bond donors (Lipinski definition) is 2. The fourth-order valence-corrected chi connectivity index (χ4v) is 4.05. The second kappa shape index (κ2) is 9.89. The van der Waals surface area contributed by atoms with Crippen LogP contribution in [0.5, 0.6) is 0 Å². The van der Waals surface area contributed by atoms with Gasteiger partial charge in [-0.3, -0.25) is 4.98 Å². The number of halogens is 1. The summed E-state index contributed by atoms with van der Waals surface area (Å²) in [7, 11) is 0. The van der Waals surface area contributed by atoms with Crippen LogP contribution in [-0.2, 0) is 16.1 Å². The number of benzene rings is 2. The summed E-state index contributed by atoms with van der Waals surface area (Å²) in [6.07, 6.45) is 1.69. The molecule has 0 spiro atoms. The molecular weight excluding hydrogens is 485 g/mol. The maximum Gasteiger partial charge on any atom is 0.331 e. The Hall–Kier alpha value is -4.86. The number of ether oxygens (including phenoxy) is 1. The lowest BCUT2D eigenvalue weighted by Crippen LogP contribution is -2.42. The SMILES string of the molecule is Cc1cc(-c2c(-c3ccc(F)cc3)nc(NC(C)(C)C(=O)OCc3ccccc3)n3nc(N)nc23)ccn1. The quantitative estimate of drug-likeness (QED) is 0.299. The molecule has 0 aliphatic carbocycles. The molecular formula is C28H26FN7O2. The Kier molecular flexibility index (Phi) is 6.46. The zero-order chi connectivity index (χ0) is 26.9. The van der Waals surface area contributed by atoms with Crippen LogP contribution < -0.4 is 11.1 Å². The van der Waals surface area contributed by atoms with Crippen molar-refractivity contribution in [1.29, 1.82) is 0 Å². The molecule has 2 aromatic carbocycles. The first-order valence-corrected chi connectivity index (χ1v) is 12.0. The monoisotopic (exact) mass is 511 g/mol. The normalized spacial score (nSPS) is 11.5. The number of aryl methyl sites for hydroxylation is 1. The number of nitrogen functional groups attached to an aromatic ring is 1. The first kappa shape index (κ1) is 24.8. The van der Waals surface area contributed by atoms with Gasteiger partial charge in [0.25, 0.3) is 0 Å². The number of nitrogens with zero attached hydrogens (tertiary/aromatic N) is 5. The molecule has 0 fully saturated rings. The fourth-order valence-electron chi connectivity index (χ4n) is 4.05. The molecule has 0 atom stereocenters. The minimum Gasteiger partial charge on any atom is -0.459 e. The Morgan fingerprint density at radius 1 is 1.05 bits per heavy atom. The van der Waals surface area contributed by atoms with Crippen LogP contribution in [0.25, 0.3) is 28.0 Å². The van der Waals surface area contributed by atoms with Gasteiger partial charge >= 0.3 is 5.97 Å². The maximum absolute atomic E-state index is 13.8. The third-order valence-electron chi connectivity index (χ3n) is 5.95. The second-order valence-corrected chi connectivity index (χ2v) is 9.37. The van der Waals surface area contributed by atoms with E-state index in [1.807, 2.05) is 49.4 Å². The highest BCUT2D eigenvalue weighted by molar-refractivity contribution is 5.91. The first-order chi connectivity index (χ1) is 18.2. The van der Waals surface area contributed by atoms with Gasteiger partial charge in [-0.15, -0.1) is 5.10 Å². The number of carbonyl (C=O) groups excluding carboxylic acids is 1. The molecule has 0 saturated carbocycles. The molecule has 0 bridgehead atoms. The Bertz CT molecular complexity index is 1620. The van der Waals surface area contributed by atoms with E-state index in [0.717, 1.165) is 16.8 Å². The Labute approximate surface area is 218 Å². The summed E-state index contributed by atoms with van der Waals surface area (Å²) < 4.78 is 20.8. The number of aromatic nitrogens is 5. The van der Waals surface area contributed by atoms with Crippen LogP contribution in [0.1, 0.15) is 25.1 Å². The number of nitrogens with two attached hydrogens (primary N) is 1. The van der Waals surface area contributed by atoms with Gasteiger partial charge in [0.1, 0.15) is 18.0 Å². The number of rotatable bonds is 7. The summed E-state index contributed by atoms with van der Waals surface area (Å²) >= 11 is 0. The molecule has 38 heavy (non-hydrogen) atoms. The van der Waals surface area contributed by atoms with Gasteiger partial charge in [-0.05, 0) is 68.3 Å². The summed E-state index contributed by atoms with van der Waals surface area (Å²) in [5.74, 6) is -0.604. The van der Waals surface area contributed by atoms with E-state index in [9.17, 15) is 9.18 Å². The average Bonchev–Trinajstić information content (AvgIpc) is 3.29. The lowest BCUT2D eigenvalue weighted by molar-refractivity contribution is -0.149. The fraction of sp³-hybridized carbons (Fsp3) is 0.179. The third-order valence-corrected chi connectivity index (χ3v) is 5.95. The van der Waals surface area contributed by atoms with Crippen molar-refractivity contribution in [3.8, 4) is 22.4 Å². The summed E-state index contributed by atoms with van der Waals surface area (Å²) in [6.45, 7) is 5.38. The lowest BCUT2D eigenvalue weighted by Gasteiger charge is -2.25. The van der Waals surface area contributed by atoms with Crippen molar-refractivity contribution in [2.24, 2.45) is 0 Å². The van der Waals surface area contributed by atoms with Crippen LogP contribution in [0.2, 0.25) is 0 Å². The molecule has 5 rings (SSSR count). The molecule has 0 aliphatic heterocycles. The lowest BCUT2D eigenvalue weighted by atomic mass is 10.00. The van der Waals surface area contributed by atoms with Gasteiger partial charge < -0.3 is 15.8 Å². The minimum absolute atomic E-state index is 0.0302. The number of fused-ring (bicyclic) bond motifs is 1. The molecule has 192 valence electrons. The van der Waals surface area contributed by atoms with E-state index in [1.165, 1.54) is 16.6 Å². The first-order valence-electron chi connectivity index (χ1n) is 12.0. The van der Waals surface area contributed by atoms with Gasteiger partial charge in [0.2, 0.25) is 11.9 Å². The van der Waals surface area contributed by atoms with Gasteiger partial charge in [0.15, 0.2) is 5.65 Å². The molecule has 3 N–H and O–H groups in total. The highest BCUT2D eigenvalue weighted by Gasteiger charge is 2.32. The molecule has 3 aromatic heterocycles. The predicted octanol–water partition coefficient (Wildman–Crippen LogP) is 4.82. The van der Waals surface area contributed by atoms with E-state index in [-0.39, 0.29) is 24.3 Å². The zero-order valence-corrected chi connectivity index (χ0v) is 21.1. The predicted molar refractivity (Wildman–Crippen MR) is 142 cm³/mol. The van der Waals surface area contributed by atoms with Crippen LogP contribution in [0.4, 0.5) is 16.3 Å². The third kappa shape index (κ3) is 5.01. The number of carbonyl (C=O) groups is 1. The average molecular weight is 512 g/mol. The van der Waals surface area contributed by atoms with Crippen LogP contribution in [0.3, 0.4) is 0 Å². The van der Waals surface area contributed by atoms with Crippen molar-refractivity contribution < 1.29 is 13.9 Å². The molecule has 3 heterocycles. The zero-order valence-electron chi connectivity index (χ0n) is 21.1. The minimum atomic E-state index is -1.19. The number of hydrogen-bond acceptors (Lipinski definition) is 8. The van der Waals surface area contributed by atoms with Crippen molar-refractivity contribution in [3.05, 3.63) is 90.0 Å². The molecule has 0 amide bonds. The van der Waals surface area contributed by atoms with Gasteiger partial charge in [-0.2, -0.15) is 9.50 Å². The van der Waals surface area contributed by atoms with E-state index >= 15 is 0 Å². The van der Waals surface area contributed by atoms with Crippen LogP contribution in [-0.4, -0.2) is 36.1 Å². The molecule has 0 radical (unpaired) electrons. The molecule has 5 aromatic rings. The molecule has 0 saturated heterocycles. The number of esters is 1. The van der Waals surface area contributed by atoms with Crippen LogP contribution >= 0.6 is 0 Å². The maximum atomic E-state index is 13.8. The Morgan fingerprint density at radius 3 is 2.50 bits per heavy atom. The van der Waals surface area contributed by atoms with E-state index < -0.39 is 11.5 Å². The van der Waals surface area contributed by atoms with Gasteiger partial charge in [-0.25, -0.2) is 14.2 Å².